The molecule has 5 rings (SSSR count). The van der Waals surface area contributed by atoms with Gasteiger partial charge in [0.1, 0.15) is 0 Å². The van der Waals surface area contributed by atoms with E-state index in [9.17, 15) is 0 Å². The van der Waals surface area contributed by atoms with Crippen LogP contribution in [0.3, 0.4) is 0 Å². The van der Waals surface area contributed by atoms with Crippen molar-refractivity contribution in [3.8, 4) is 0 Å². The molecule has 0 aliphatic carbocycles. The molecule has 26 heavy (non-hydrogen) atoms. The maximum Gasteiger partial charge on any atom is 0.0701 e. The minimum atomic E-state index is 1.06. The number of fused-ring (bicyclic) bond motifs is 2. The van der Waals surface area contributed by atoms with Gasteiger partial charge in [0.15, 0.2) is 0 Å². The normalized spacial score (nSPS) is 9.54. The highest BCUT2D eigenvalue weighted by Crippen LogP contribution is 2.08. The summed E-state index contributed by atoms with van der Waals surface area (Å²) in [5.74, 6) is 0. The van der Waals surface area contributed by atoms with Crippen LogP contribution in [-0.4, -0.2) is 15.0 Å². The number of hydrogen-bond donors (Lipinski definition) is 0. The number of rotatable bonds is 0. The molecule has 0 aliphatic heterocycles. The van der Waals surface area contributed by atoms with Gasteiger partial charge < -0.3 is 0 Å². The van der Waals surface area contributed by atoms with Crippen molar-refractivity contribution < 1.29 is 0 Å². The molecule has 0 N–H and O–H groups in total. The summed E-state index contributed by atoms with van der Waals surface area (Å²) in [6.07, 6.45) is 7.12. The summed E-state index contributed by atoms with van der Waals surface area (Å²) < 4.78 is 0. The molecule has 0 bridgehead atoms. The highest BCUT2D eigenvalue weighted by molar-refractivity contribution is 5.78. The van der Waals surface area contributed by atoms with Crippen molar-refractivity contribution in [3.05, 3.63) is 116 Å². The Morgan fingerprint density at radius 2 is 0.846 bits per heavy atom. The molecule has 0 saturated heterocycles. The Hall–Kier alpha value is -3.59. The van der Waals surface area contributed by atoms with Gasteiger partial charge in [0.05, 0.1) is 11.0 Å². The SMILES string of the molecule is c1ccc2ncccc2c1.c1ccc2ncccc2c1.c1ccncc1. The Labute approximate surface area is 153 Å². The Morgan fingerprint density at radius 3 is 1.23 bits per heavy atom. The van der Waals surface area contributed by atoms with Gasteiger partial charge in [-0.1, -0.05) is 54.6 Å². The average Bonchev–Trinajstić information content (AvgIpc) is 2.76. The van der Waals surface area contributed by atoms with Gasteiger partial charge in [-0.15, -0.1) is 0 Å². The monoisotopic (exact) mass is 337 g/mol. The van der Waals surface area contributed by atoms with Gasteiger partial charge >= 0.3 is 0 Å². The number of aromatic nitrogens is 3. The molecule has 2 aromatic carbocycles. The second-order valence-corrected chi connectivity index (χ2v) is 5.42. The topological polar surface area (TPSA) is 38.7 Å². The number of pyridine rings is 3. The van der Waals surface area contributed by atoms with Gasteiger partial charge in [-0.3, -0.25) is 15.0 Å². The van der Waals surface area contributed by atoms with E-state index in [0.717, 1.165) is 11.0 Å². The summed E-state index contributed by atoms with van der Waals surface area (Å²) in [5, 5.41) is 2.40. The lowest BCUT2D eigenvalue weighted by Gasteiger charge is -1.91. The van der Waals surface area contributed by atoms with Crippen LogP contribution in [0, 0.1) is 0 Å². The maximum absolute atomic E-state index is 4.18. The molecule has 5 aromatic rings. The van der Waals surface area contributed by atoms with Crippen LogP contribution in [-0.2, 0) is 0 Å². The van der Waals surface area contributed by atoms with E-state index >= 15 is 0 Å². The van der Waals surface area contributed by atoms with E-state index < -0.39 is 0 Å². The summed E-state index contributed by atoms with van der Waals surface area (Å²) in [6.45, 7) is 0. The summed E-state index contributed by atoms with van der Waals surface area (Å²) in [5.41, 5.74) is 2.12. The second-order valence-electron chi connectivity index (χ2n) is 5.42. The molecule has 0 saturated carbocycles. The molecule has 3 nitrogen and oxygen atoms in total. The molecule has 3 heterocycles. The summed E-state index contributed by atoms with van der Waals surface area (Å²) in [7, 11) is 0. The fraction of sp³-hybridized carbons (Fsp3) is 0. The number of nitrogens with zero attached hydrogens (tertiary/aromatic N) is 3. The van der Waals surface area contributed by atoms with Crippen LogP contribution >= 0.6 is 0 Å². The van der Waals surface area contributed by atoms with Crippen molar-refractivity contribution in [3.63, 3.8) is 0 Å². The first-order valence-electron chi connectivity index (χ1n) is 8.38. The van der Waals surface area contributed by atoms with Crippen LogP contribution in [0.15, 0.2) is 116 Å². The Kier molecular flexibility index (Phi) is 6.39. The fourth-order valence-electron chi connectivity index (χ4n) is 2.34. The van der Waals surface area contributed by atoms with Crippen LogP contribution < -0.4 is 0 Å². The Bertz CT molecular complexity index is 817. The lowest BCUT2D eigenvalue weighted by Crippen LogP contribution is -1.73. The molecule has 0 atom stereocenters. The maximum atomic E-state index is 4.18. The molecule has 0 aliphatic rings. The van der Waals surface area contributed by atoms with E-state index in [1.54, 1.807) is 12.4 Å². The predicted octanol–water partition coefficient (Wildman–Crippen LogP) is 5.55. The number of para-hydroxylation sites is 2. The fourth-order valence-corrected chi connectivity index (χ4v) is 2.34. The first-order chi connectivity index (χ1) is 12.9. The molecule has 0 unspecified atom stereocenters. The van der Waals surface area contributed by atoms with E-state index in [2.05, 4.69) is 39.2 Å². The first-order valence-corrected chi connectivity index (χ1v) is 8.38. The Balaban J connectivity index is 0.000000117. The highest BCUT2D eigenvalue weighted by Gasteiger charge is 1.87. The standard InChI is InChI=1S/2C9H7N.C5H5N/c2*1-2-6-9-8(4-1)5-3-7-10-9;1-2-4-6-5-3-1/h2*1-7H;1-5H. The quantitative estimate of drug-likeness (QED) is 0.372. The van der Waals surface area contributed by atoms with Crippen molar-refractivity contribution in [2.24, 2.45) is 0 Å². The molecule has 0 amide bonds. The van der Waals surface area contributed by atoms with Gasteiger partial charge in [-0.05, 0) is 36.4 Å². The van der Waals surface area contributed by atoms with Gasteiger partial charge in [-0.25, -0.2) is 0 Å². The first kappa shape index (κ1) is 17.2. The predicted molar refractivity (Wildman–Crippen MR) is 108 cm³/mol. The zero-order chi connectivity index (χ0) is 17.9. The lowest BCUT2D eigenvalue weighted by atomic mass is 10.2. The highest BCUT2D eigenvalue weighted by atomic mass is 14.6. The van der Waals surface area contributed by atoms with Gasteiger partial charge in [0, 0.05) is 35.6 Å². The van der Waals surface area contributed by atoms with Gasteiger partial charge in [0.2, 0.25) is 0 Å². The van der Waals surface area contributed by atoms with Gasteiger partial charge in [-0.2, -0.15) is 0 Å². The van der Waals surface area contributed by atoms with Crippen molar-refractivity contribution in [1.82, 2.24) is 15.0 Å². The molecule has 3 aromatic heterocycles. The lowest BCUT2D eigenvalue weighted by molar-refractivity contribution is 1.33. The van der Waals surface area contributed by atoms with Crippen molar-refractivity contribution in [1.29, 1.82) is 0 Å². The van der Waals surface area contributed by atoms with E-state index in [4.69, 9.17) is 0 Å². The second kappa shape index (κ2) is 9.64. The molecular weight excluding hydrogens is 318 g/mol. The summed E-state index contributed by atoms with van der Waals surface area (Å²) in [6, 6.07) is 29.9. The zero-order valence-electron chi connectivity index (χ0n) is 14.3. The van der Waals surface area contributed by atoms with Crippen molar-refractivity contribution in [2.75, 3.05) is 0 Å². The molecular formula is C23H19N3. The number of hydrogen-bond acceptors (Lipinski definition) is 3. The summed E-state index contributed by atoms with van der Waals surface area (Å²) in [4.78, 5) is 12.1. The third kappa shape index (κ3) is 5.21. The molecule has 3 heteroatoms. The third-order valence-electron chi connectivity index (χ3n) is 3.59. The van der Waals surface area contributed by atoms with Crippen LogP contribution in [0.25, 0.3) is 21.8 Å². The van der Waals surface area contributed by atoms with E-state index in [-0.39, 0.29) is 0 Å². The zero-order valence-corrected chi connectivity index (χ0v) is 14.3. The molecule has 0 radical (unpaired) electrons. The molecule has 0 fully saturated rings. The molecule has 126 valence electrons. The largest absolute Gasteiger partial charge is 0.265 e. The average molecular weight is 337 g/mol. The van der Waals surface area contributed by atoms with Crippen LogP contribution in [0.2, 0.25) is 0 Å². The van der Waals surface area contributed by atoms with Crippen LogP contribution in [0.5, 0.6) is 0 Å². The third-order valence-corrected chi connectivity index (χ3v) is 3.59. The van der Waals surface area contributed by atoms with Gasteiger partial charge in [0.25, 0.3) is 0 Å². The van der Waals surface area contributed by atoms with Crippen molar-refractivity contribution >= 4 is 21.8 Å². The van der Waals surface area contributed by atoms with E-state index in [0.29, 0.717) is 0 Å². The minimum Gasteiger partial charge on any atom is -0.265 e. The minimum absolute atomic E-state index is 1.06. The summed E-state index contributed by atoms with van der Waals surface area (Å²) >= 11 is 0. The van der Waals surface area contributed by atoms with Crippen LogP contribution in [0.4, 0.5) is 0 Å². The smallest absolute Gasteiger partial charge is 0.0701 e. The van der Waals surface area contributed by atoms with Crippen molar-refractivity contribution in [2.45, 2.75) is 0 Å². The number of benzene rings is 2. The molecule has 0 spiro atoms. The Morgan fingerprint density at radius 1 is 0.385 bits per heavy atom. The van der Waals surface area contributed by atoms with E-state index in [1.165, 1.54) is 10.8 Å². The van der Waals surface area contributed by atoms with E-state index in [1.807, 2.05) is 79.1 Å². The van der Waals surface area contributed by atoms with Crippen LogP contribution in [0.1, 0.15) is 0 Å².